The molecule has 0 fully saturated rings. The van der Waals surface area contributed by atoms with Gasteiger partial charge in [0.25, 0.3) is 0 Å². The van der Waals surface area contributed by atoms with Crippen LogP contribution < -0.4 is 4.74 Å². The van der Waals surface area contributed by atoms with Crippen LogP contribution in [-0.2, 0) is 10.9 Å². The summed E-state index contributed by atoms with van der Waals surface area (Å²) >= 11 is 5.85. The Labute approximate surface area is 155 Å². The minimum absolute atomic E-state index is 0.000449. The lowest BCUT2D eigenvalue weighted by Gasteiger charge is -2.15. The first-order valence-corrected chi connectivity index (χ1v) is 7.59. The van der Waals surface area contributed by atoms with Crippen molar-refractivity contribution in [2.45, 2.75) is 12.4 Å². The fraction of sp³-hybridized carbons (Fsp3) is 0.188. The van der Waals surface area contributed by atoms with Crippen LogP contribution in [0.5, 0.6) is 11.5 Å². The number of rotatable bonds is 6. The Morgan fingerprint density at radius 3 is 2.44 bits per heavy atom. The second-order valence-electron chi connectivity index (χ2n) is 5.10. The van der Waals surface area contributed by atoms with E-state index in [2.05, 4.69) is 5.16 Å². The standard InChI is InChI=1S/C16H12ClF3N2O5/c1-26-15(22(24)25)14(21-23)10-4-2-3-5-12(10)27-13-7-6-9(8-11(13)17)16(18,19)20/h2-8,15,23H,1H3/b21-14-. The number of oxime groups is 1. The van der Waals surface area contributed by atoms with Crippen LogP contribution in [0.1, 0.15) is 11.1 Å². The number of nitro groups is 1. The maximum atomic E-state index is 12.7. The number of hydrogen-bond acceptors (Lipinski definition) is 6. The van der Waals surface area contributed by atoms with Gasteiger partial charge >= 0.3 is 12.4 Å². The molecule has 2 aromatic carbocycles. The van der Waals surface area contributed by atoms with Crippen LogP contribution >= 0.6 is 11.6 Å². The lowest BCUT2D eigenvalue weighted by atomic mass is 10.1. The average molecular weight is 405 g/mol. The van der Waals surface area contributed by atoms with Gasteiger partial charge in [-0.25, -0.2) is 0 Å². The fourth-order valence-electron chi connectivity index (χ4n) is 2.18. The predicted octanol–water partition coefficient (Wildman–Crippen LogP) is 4.58. The number of hydrogen-bond donors (Lipinski definition) is 1. The molecular weight excluding hydrogens is 393 g/mol. The van der Waals surface area contributed by atoms with E-state index in [9.17, 15) is 28.5 Å². The Morgan fingerprint density at radius 2 is 1.93 bits per heavy atom. The van der Waals surface area contributed by atoms with Crippen LogP contribution in [-0.4, -0.2) is 29.2 Å². The zero-order valence-corrected chi connectivity index (χ0v) is 14.4. The van der Waals surface area contributed by atoms with Gasteiger partial charge in [0.05, 0.1) is 21.1 Å². The van der Waals surface area contributed by atoms with E-state index < -0.39 is 28.6 Å². The maximum Gasteiger partial charge on any atom is 0.416 e. The van der Waals surface area contributed by atoms with Crippen molar-refractivity contribution in [1.82, 2.24) is 0 Å². The van der Waals surface area contributed by atoms with Crippen LogP contribution in [0.4, 0.5) is 13.2 Å². The van der Waals surface area contributed by atoms with Crippen LogP contribution in [0.15, 0.2) is 47.6 Å². The van der Waals surface area contributed by atoms with Gasteiger partial charge in [0, 0.05) is 7.11 Å². The molecule has 0 aliphatic heterocycles. The molecule has 2 aromatic rings. The molecule has 0 saturated heterocycles. The molecule has 7 nitrogen and oxygen atoms in total. The molecule has 0 aliphatic rings. The van der Waals surface area contributed by atoms with Crippen LogP contribution in [0.3, 0.4) is 0 Å². The molecule has 144 valence electrons. The summed E-state index contributed by atoms with van der Waals surface area (Å²) in [6.07, 6.45) is -6.36. The van der Waals surface area contributed by atoms with Crippen molar-refractivity contribution in [2.75, 3.05) is 7.11 Å². The second kappa shape index (κ2) is 8.23. The third-order valence-electron chi connectivity index (χ3n) is 3.40. The zero-order chi connectivity index (χ0) is 20.2. The normalized spacial score (nSPS) is 13.3. The summed E-state index contributed by atoms with van der Waals surface area (Å²) < 4.78 is 48.4. The molecule has 27 heavy (non-hydrogen) atoms. The Kier molecular flexibility index (Phi) is 6.24. The number of alkyl halides is 3. The maximum absolute atomic E-state index is 12.7. The molecule has 0 radical (unpaired) electrons. The number of nitrogens with zero attached hydrogens (tertiary/aromatic N) is 2. The van der Waals surface area contributed by atoms with Gasteiger partial charge in [-0.05, 0) is 30.3 Å². The van der Waals surface area contributed by atoms with Gasteiger partial charge in [0.15, 0.2) is 5.71 Å². The summed E-state index contributed by atoms with van der Waals surface area (Å²) in [6, 6.07) is 8.22. The van der Waals surface area contributed by atoms with Gasteiger partial charge in [-0.2, -0.15) is 13.2 Å². The number of ether oxygens (including phenoxy) is 2. The lowest BCUT2D eigenvalue weighted by molar-refractivity contribution is -0.550. The molecule has 2 rings (SSSR count). The highest BCUT2D eigenvalue weighted by Gasteiger charge is 2.33. The van der Waals surface area contributed by atoms with Gasteiger partial charge in [0.2, 0.25) is 0 Å². The first kappa shape index (κ1) is 20.5. The molecule has 1 unspecified atom stereocenters. The quantitative estimate of drug-likeness (QED) is 0.250. The molecule has 0 heterocycles. The third kappa shape index (κ3) is 4.66. The monoisotopic (exact) mass is 404 g/mol. The Bertz CT molecular complexity index is 873. The van der Waals surface area contributed by atoms with E-state index in [1.54, 1.807) is 0 Å². The van der Waals surface area contributed by atoms with Crippen molar-refractivity contribution in [2.24, 2.45) is 5.16 Å². The molecular formula is C16H12ClF3N2O5. The van der Waals surface area contributed by atoms with Crippen LogP contribution in [0.25, 0.3) is 0 Å². The van der Waals surface area contributed by atoms with Gasteiger partial charge < -0.3 is 14.7 Å². The van der Waals surface area contributed by atoms with E-state index in [-0.39, 0.29) is 22.1 Å². The number of para-hydroxylation sites is 1. The molecule has 0 saturated carbocycles. The van der Waals surface area contributed by atoms with Crippen molar-refractivity contribution < 1.29 is 32.8 Å². The highest BCUT2D eigenvalue weighted by Crippen LogP contribution is 2.37. The summed E-state index contributed by atoms with van der Waals surface area (Å²) in [5.74, 6) is -0.152. The average Bonchev–Trinajstić information content (AvgIpc) is 2.60. The molecule has 1 atom stereocenters. The third-order valence-corrected chi connectivity index (χ3v) is 3.69. The predicted molar refractivity (Wildman–Crippen MR) is 89.1 cm³/mol. The summed E-state index contributed by atoms with van der Waals surface area (Å²) in [7, 11) is 1.05. The molecule has 0 spiro atoms. The summed E-state index contributed by atoms with van der Waals surface area (Å²) in [6.45, 7) is 0. The molecule has 11 heteroatoms. The van der Waals surface area contributed by atoms with Crippen molar-refractivity contribution in [3.63, 3.8) is 0 Å². The molecule has 1 N–H and O–H groups in total. The Morgan fingerprint density at radius 1 is 1.26 bits per heavy atom. The summed E-state index contributed by atoms with van der Waals surface area (Å²) in [5.41, 5.74) is -1.42. The molecule has 0 aliphatic carbocycles. The van der Waals surface area contributed by atoms with Crippen molar-refractivity contribution in [1.29, 1.82) is 0 Å². The summed E-state index contributed by atoms with van der Waals surface area (Å²) in [4.78, 5) is 10.3. The van der Waals surface area contributed by atoms with Crippen molar-refractivity contribution >= 4 is 17.3 Å². The second-order valence-corrected chi connectivity index (χ2v) is 5.51. The van der Waals surface area contributed by atoms with Gasteiger partial charge in [-0.1, -0.05) is 28.9 Å². The number of methoxy groups -OCH3 is 1. The SMILES string of the molecule is COC(/C(=N\O)c1ccccc1Oc1ccc(C(F)(F)F)cc1Cl)[N+](=O)[O-]. The van der Waals surface area contributed by atoms with Gasteiger partial charge in [0.1, 0.15) is 11.5 Å². The fourth-order valence-corrected chi connectivity index (χ4v) is 2.40. The van der Waals surface area contributed by atoms with E-state index in [0.29, 0.717) is 6.07 Å². The summed E-state index contributed by atoms with van der Waals surface area (Å²) in [5, 5.41) is 22.9. The van der Waals surface area contributed by atoms with Gasteiger partial charge in [-0.3, -0.25) is 10.1 Å². The van der Waals surface area contributed by atoms with Crippen LogP contribution in [0.2, 0.25) is 5.02 Å². The number of benzene rings is 2. The van der Waals surface area contributed by atoms with Crippen molar-refractivity contribution in [3.8, 4) is 11.5 Å². The Balaban J connectivity index is 2.43. The molecule has 0 amide bonds. The van der Waals surface area contributed by atoms with E-state index in [0.717, 1.165) is 19.2 Å². The van der Waals surface area contributed by atoms with E-state index in [4.69, 9.17) is 21.1 Å². The Hall–Kier alpha value is -2.85. The molecule has 0 aromatic heterocycles. The highest BCUT2D eigenvalue weighted by molar-refractivity contribution is 6.32. The van der Waals surface area contributed by atoms with Crippen LogP contribution in [0, 0.1) is 10.1 Å². The minimum Gasteiger partial charge on any atom is -0.455 e. The minimum atomic E-state index is -4.58. The highest BCUT2D eigenvalue weighted by atomic mass is 35.5. The van der Waals surface area contributed by atoms with Gasteiger partial charge in [-0.15, -0.1) is 0 Å². The van der Waals surface area contributed by atoms with E-state index in [1.807, 2.05) is 0 Å². The van der Waals surface area contributed by atoms with E-state index >= 15 is 0 Å². The topological polar surface area (TPSA) is 94.2 Å². The first-order valence-electron chi connectivity index (χ1n) is 7.21. The first-order chi connectivity index (χ1) is 12.7. The van der Waals surface area contributed by atoms with E-state index in [1.165, 1.54) is 24.3 Å². The number of halogens is 4. The zero-order valence-electron chi connectivity index (χ0n) is 13.6. The molecule has 0 bridgehead atoms. The lowest BCUT2D eigenvalue weighted by Crippen LogP contribution is -2.32. The largest absolute Gasteiger partial charge is 0.455 e. The van der Waals surface area contributed by atoms with Crippen molar-refractivity contribution in [3.05, 3.63) is 68.7 Å². The smallest absolute Gasteiger partial charge is 0.416 e.